The molecule has 8 heteroatoms. The Balaban J connectivity index is 1.83. The Morgan fingerprint density at radius 1 is 1.36 bits per heavy atom. The average Bonchev–Trinajstić information content (AvgIpc) is 2.51. The van der Waals surface area contributed by atoms with E-state index >= 15 is 0 Å². The number of benzene rings is 1. The first kappa shape index (κ1) is 16.0. The van der Waals surface area contributed by atoms with E-state index in [1.54, 1.807) is 0 Å². The topological polar surface area (TPSA) is 108 Å². The molecular weight excluding hydrogens is 306 g/mol. The number of nitrogens with one attached hydrogen (secondary N) is 2. The van der Waals surface area contributed by atoms with E-state index in [0.29, 0.717) is 6.42 Å². The largest absolute Gasteiger partial charge is 0.480 e. The van der Waals surface area contributed by atoms with E-state index in [9.17, 15) is 14.4 Å². The first-order valence-corrected chi connectivity index (χ1v) is 7.52. The lowest BCUT2D eigenvalue weighted by Gasteiger charge is -2.19. The van der Waals surface area contributed by atoms with Crippen molar-refractivity contribution in [1.82, 2.24) is 10.7 Å². The molecule has 0 spiro atoms. The normalized spacial score (nSPS) is 19.5. The van der Waals surface area contributed by atoms with Crippen LogP contribution in [0, 0.1) is 0 Å². The van der Waals surface area contributed by atoms with Crippen LogP contribution in [0.25, 0.3) is 0 Å². The van der Waals surface area contributed by atoms with E-state index in [2.05, 4.69) is 15.8 Å². The lowest BCUT2D eigenvalue weighted by atomic mass is 10.1. The zero-order valence-corrected chi connectivity index (χ0v) is 12.4. The third kappa shape index (κ3) is 4.88. The van der Waals surface area contributed by atoms with Gasteiger partial charge < -0.3 is 10.4 Å². The minimum absolute atomic E-state index is 0.0942. The highest BCUT2D eigenvalue weighted by atomic mass is 32.2. The quantitative estimate of drug-likeness (QED) is 0.692. The highest BCUT2D eigenvalue weighted by Gasteiger charge is 2.30. The molecule has 1 saturated heterocycles. The predicted octanol–water partition coefficient (Wildman–Crippen LogP) is 0.713. The summed E-state index contributed by atoms with van der Waals surface area (Å²) >= 11 is 0.904. The van der Waals surface area contributed by atoms with Gasteiger partial charge in [-0.1, -0.05) is 42.1 Å². The summed E-state index contributed by atoms with van der Waals surface area (Å²) in [7, 11) is 0. The summed E-state index contributed by atoms with van der Waals surface area (Å²) in [5, 5.41) is 14.3. The van der Waals surface area contributed by atoms with Gasteiger partial charge in [-0.15, -0.1) is 5.10 Å². The van der Waals surface area contributed by atoms with Crippen molar-refractivity contribution >= 4 is 34.7 Å². The van der Waals surface area contributed by atoms with Gasteiger partial charge in [-0.05, 0) is 12.0 Å². The van der Waals surface area contributed by atoms with Gasteiger partial charge >= 0.3 is 5.97 Å². The van der Waals surface area contributed by atoms with Gasteiger partial charge in [0.1, 0.15) is 5.25 Å². The summed E-state index contributed by atoms with van der Waals surface area (Å²) in [5.41, 5.74) is 3.36. The van der Waals surface area contributed by atoms with Crippen LogP contribution in [0.4, 0.5) is 0 Å². The van der Waals surface area contributed by atoms with Crippen molar-refractivity contribution in [3.05, 3.63) is 35.9 Å². The van der Waals surface area contributed by atoms with Gasteiger partial charge in [-0.3, -0.25) is 14.4 Å². The number of aliphatic carboxylic acids is 1. The second-order valence-corrected chi connectivity index (χ2v) is 5.83. The Hall–Kier alpha value is -2.35. The van der Waals surface area contributed by atoms with Crippen LogP contribution >= 0.6 is 11.8 Å². The third-order valence-electron chi connectivity index (χ3n) is 2.91. The minimum atomic E-state index is -1.08. The average molecular weight is 321 g/mol. The molecule has 1 aliphatic heterocycles. The fraction of sp³-hybridized carbons (Fsp3) is 0.286. The smallest absolute Gasteiger partial charge is 0.317 e. The number of hydrazone groups is 1. The van der Waals surface area contributed by atoms with Crippen molar-refractivity contribution in [2.75, 3.05) is 0 Å². The highest BCUT2D eigenvalue weighted by molar-refractivity contribution is 8.15. The standard InChI is InChI=1S/C14H15N3O4S/c18-11(7-6-9-4-2-1-3-5-9)16-17-14-15-12(19)8-10(22-14)13(20)21/h1-5,10H,6-8H2,(H,16,18)(H,20,21)(H,15,17,19). The molecule has 1 aromatic rings. The zero-order chi connectivity index (χ0) is 15.9. The molecule has 0 bridgehead atoms. The molecule has 1 heterocycles. The maximum atomic E-state index is 11.7. The second kappa shape index (κ2) is 7.60. The van der Waals surface area contributed by atoms with Crippen LogP contribution in [0.15, 0.2) is 35.4 Å². The van der Waals surface area contributed by atoms with Crippen molar-refractivity contribution in [1.29, 1.82) is 0 Å². The zero-order valence-electron chi connectivity index (χ0n) is 11.6. The number of carboxylic acids is 1. The number of amidine groups is 1. The monoisotopic (exact) mass is 321 g/mol. The van der Waals surface area contributed by atoms with Gasteiger partial charge in [-0.2, -0.15) is 0 Å². The molecule has 0 radical (unpaired) electrons. The van der Waals surface area contributed by atoms with Gasteiger partial charge in [0.25, 0.3) is 0 Å². The van der Waals surface area contributed by atoms with Crippen LogP contribution < -0.4 is 10.7 Å². The van der Waals surface area contributed by atoms with E-state index < -0.39 is 17.1 Å². The fourth-order valence-electron chi connectivity index (χ4n) is 1.81. The molecule has 1 aromatic carbocycles. The van der Waals surface area contributed by atoms with Crippen molar-refractivity contribution < 1.29 is 19.5 Å². The van der Waals surface area contributed by atoms with Crippen LogP contribution in [0.3, 0.4) is 0 Å². The molecule has 0 saturated carbocycles. The van der Waals surface area contributed by atoms with Crippen LogP contribution in [0.2, 0.25) is 0 Å². The predicted molar refractivity (Wildman–Crippen MR) is 82.1 cm³/mol. The summed E-state index contributed by atoms with van der Waals surface area (Å²) < 4.78 is 0. The second-order valence-electron chi connectivity index (χ2n) is 4.63. The van der Waals surface area contributed by atoms with Crippen LogP contribution in [0.1, 0.15) is 18.4 Å². The molecule has 116 valence electrons. The van der Waals surface area contributed by atoms with Gasteiger partial charge in [0.2, 0.25) is 11.8 Å². The number of carbonyl (C=O) groups excluding carboxylic acids is 2. The summed E-state index contributed by atoms with van der Waals surface area (Å²) in [6, 6.07) is 9.54. The molecule has 0 aromatic heterocycles. The SMILES string of the molecule is O=C(CCc1ccccc1)N/N=C1\NC(=O)CC(C(=O)O)S1. The van der Waals surface area contributed by atoms with Crippen molar-refractivity contribution in [3.63, 3.8) is 0 Å². The maximum absolute atomic E-state index is 11.7. The molecule has 1 atom stereocenters. The van der Waals surface area contributed by atoms with Crippen LogP contribution in [-0.4, -0.2) is 33.3 Å². The number of amides is 2. The number of thioether (sulfide) groups is 1. The van der Waals surface area contributed by atoms with E-state index in [-0.39, 0.29) is 23.9 Å². The number of rotatable bonds is 5. The molecule has 3 N–H and O–H groups in total. The first-order chi connectivity index (χ1) is 10.5. The molecule has 22 heavy (non-hydrogen) atoms. The van der Waals surface area contributed by atoms with E-state index in [0.717, 1.165) is 17.3 Å². The molecule has 1 fully saturated rings. The lowest BCUT2D eigenvalue weighted by molar-refractivity contribution is -0.138. The summed E-state index contributed by atoms with van der Waals surface area (Å²) in [4.78, 5) is 34.0. The maximum Gasteiger partial charge on any atom is 0.317 e. The first-order valence-electron chi connectivity index (χ1n) is 6.64. The molecule has 7 nitrogen and oxygen atoms in total. The van der Waals surface area contributed by atoms with Crippen molar-refractivity contribution in [3.8, 4) is 0 Å². The molecule has 1 unspecified atom stereocenters. The van der Waals surface area contributed by atoms with Crippen molar-refractivity contribution in [2.24, 2.45) is 5.10 Å². The van der Waals surface area contributed by atoms with Crippen LogP contribution in [-0.2, 0) is 20.8 Å². The molecule has 1 aliphatic rings. The number of nitrogens with zero attached hydrogens (tertiary/aromatic N) is 1. The number of carbonyl (C=O) groups is 3. The van der Waals surface area contributed by atoms with Gasteiger partial charge in [0.15, 0.2) is 5.17 Å². The minimum Gasteiger partial charge on any atom is -0.480 e. The molecule has 2 rings (SSSR count). The molecular formula is C14H15N3O4S. The Labute approximate surface area is 131 Å². The highest BCUT2D eigenvalue weighted by Crippen LogP contribution is 2.20. The summed E-state index contributed by atoms with van der Waals surface area (Å²) in [6.45, 7) is 0. The number of aryl methyl sites for hydroxylation is 1. The lowest BCUT2D eigenvalue weighted by Crippen LogP contribution is -2.41. The van der Waals surface area contributed by atoms with Gasteiger partial charge in [-0.25, -0.2) is 5.43 Å². The van der Waals surface area contributed by atoms with Crippen LogP contribution in [0.5, 0.6) is 0 Å². The third-order valence-corrected chi connectivity index (χ3v) is 3.98. The summed E-state index contributed by atoms with van der Waals surface area (Å²) in [5.74, 6) is -1.81. The van der Waals surface area contributed by atoms with Gasteiger partial charge in [0, 0.05) is 12.8 Å². The molecule has 2 amide bonds. The molecule has 0 aliphatic carbocycles. The summed E-state index contributed by atoms with van der Waals surface area (Å²) in [6.07, 6.45) is 0.720. The Morgan fingerprint density at radius 2 is 2.09 bits per heavy atom. The van der Waals surface area contributed by atoms with E-state index in [4.69, 9.17) is 5.11 Å². The fourth-order valence-corrected chi connectivity index (χ4v) is 2.68. The number of hydrogen-bond donors (Lipinski definition) is 3. The van der Waals surface area contributed by atoms with E-state index in [1.165, 1.54) is 0 Å². The van der Waals surface area contributed by atoms with Crippen molar-refractivity contribution in [2.45, 2.75) is 24.5 Å². The number of carboxylic acid groups (broad SMARTS) is 1. The Bertz CT molecular complexity index is 603. The van der Waals surface area contributed by atoms with E-state index in [1.807, 2.05) is 30.3 Å². The Morgan fingerprint density at radius 3 is 2.77 bits per heavy atom. The number of hydrogen-bond acceptors (Lipinski definition) is 5. The Kier molecular flexibility index (Phi) is 5.54. The van der Waals surface area contributed by atoms with Gasteiger partial charge in [0.05, 0.1) is 0 Å².